The summed E-state index contributed by atoms with van der Waals surface area (Å²) in [5.74, 6) is 1.65. The number of rotatable bonds is 6. The quantitative estimate of drug-likeness (QED) is 0.845. The summed E-state index contributed by atoms with van der Waals surface area (Å²) in [7, 11) is 2.23. The van der Waals surface area contributed by atoms with Crippen LogP contribution in [0.2, 0.25) is 0 Å². The molecule has 2 nitrogen and oxygen atoms in total. The molecule has 1 N–H and O–H groups in total. The zero-order valence-electron chi connectivity index (χ0n) is 13.3. The lowest BCUT2D eigenvalue weighted by Gasteiger charge is -2.38. The lowest BCUT2D eigenvalue weighted by atomic mass is 9.78. The Labute approximate surface area is 124 Å². The summed E-state index contributed by atoms with van der Waals surface area (Å²) in [4.78, 5) is 2.42. The molecule has 0 heterocycles. The van der Waals surface area contributed by atoms with Gasteiger partial charge in [0.2, 0.25) is 0 Å². The third-order valence-electron chi connectivity index (χ3n) is 4.61. The van der Waals surface area contributed by atoms with Crippen molar-refractivity contribution < 1.29 is 0 Å². The Kier molecular flexibility index (Phi) is 5.90. The van der Waals surface area contributed by atoms with Crippen molar-refractivity contribution in [2.75, 3.05) is 25.0 Å². The molecule has 1 fully saturated rings. The largest absolute Gasteiger partial charge is 0.374 e. The molecule has 1 aliphatic carbocycles. The SMILES string of the molecule is CCCNC1CCC(C)CC1CN(C)c1ccccc1. The van der Waals surface area contributed by atoms with Crippen LogP contribution in [0.3, 0.4) is 0 Å². The fraction of sp³-hybridized carbons (Fsp3) is 0.667. The van der Waals surface area contributed by atoms with Gasteiger partial charge in [0.1, 0.15) is 0 Å². The van der Waals surface area contributed by atoms with Gasteiger partial charge in [0.05, 0.1) is 0 Å². The van der Waals surface area contributed by atoms with Gasteiger partial charge in [0.15, 0.2) is 0 Å². The van der Waals surface area contributed by atoms with Gasteiger partial charge in [-0.25, -0.2) is 0 Å². The highest BCUT2D eigenvalue weighted by Gasteiger charge is 2.28. The van der Waals surface area contributed by atoms with Crippen LogP contribution in [-0.2, 0) is 0 Å². The molecule has 1 aromatic carbocycles. The predicted molar refractivity (Wildman–Crippen MR) is 88.3 cm³/mol. The zero-order chi connectivity index (χ0) is 14.4. The van der Waals surface area contributed by atoms with Crippen LogP contribution in [0, 0.1) is 11.8 Å². The van der Waals surface area contributed by atoms with E-state index in [2.05, 4.69) is 61.4 Å². The van der Waals surface area contributed by atoms with Crippen molar-refractivity contribution in [3.05, 3.63) is 30.3 Å². The summed E-state index contributed by atoms with van der Waals surface area (Å²) in [6.07, 6.45) is 5.31. The van der Waals surface area contributed by atoms with Crippen LogP contribution in [-0.4, -0.2) is 26.2 Å². The molecule has 0 radical (unpaired) electrons. The van der Waals surface area contributed by atoms with Gasteiger partial charge in [-0.1, -0.05) is 32.0 Å². The van der Waals surface area contributed by atoms with Crippen molar-refractivity contribution in [1.29, 1.82) is 0 Å². The summed E-state index contributed by atoms with van der Waals surface area (Å²) < 4.78 is 0. The lowest BCUT2D eigenvalue weighted by Crippen LogP contribution is -2.45. The number of benzene rings is 1. The standard InChI is InChI=1S/C18H30N2/c1-4-12-19-18-11-10-15(2)13-16(18)14-20(3)17-8-6-5-7-9-17/h5-9,15-16,18-19H,4,10-14H2,1-3H3. The normalized spacial score (nSPS) is 26.4. The van der Waals surface area contributed by atoms with Gasteiger partial charge in [-0.3, -0.25) is 0 Å². The Bertz CT molecular complexity index is 374. The second kappa shape index (κ2) is 7.68. The Morgan fingerprint density at radius 2 is 1.95 bits per heavy atom. The first-order valence-electron chi connectivity index (χ1n) is 8.20. The fourth-order valence-corrected chi connectivity index (χ4v) is 3.44. The summed E-state index contributed by atoms with van der Waals surface area (Å²) in [6, 6.07) is 11.5. The van der Waals surface area contributed by atoms with Crippen LogP contribution in [0.25, 0.3) is 0 Å². The van der Waals surface area contributed by atoms with E-state index in [0.717, 1.165) is 24.9 Å². The number of hydrogen-bond acceptors (Lipinski definition) is 2. The molecular weight excluding hydrogens is 244 g/mol. The second-order valence-corrected chi connectivity index (χ2v) is 6.45. The van der Waals surface area contributed by atoms with E-state index >= 15 is 0 Å². The molecule has 2 rings (SSSR count). The third kappa shape index (κ3) is 4.24. The molecule has 1 aromatic rings. The smallest absolute Gasteiger partial charge is 0.0363 e. The van der Waals surface area contributed by atoms with Crippen LogP contribution >= 0.6 is 0 Å². The van der Waals surface area contributed by atoms with Gasteiger partial charge in [0, 0.05) is 25.3 Å². The van der Waals surface area contributed by atoms with E-state index in [1.165, 1.54) is 31.4 Å². The van der Waals surface area contributed by atoms with Crippen molar-refractivity contribution in [2.45, 2.75) is 45.6 Å². The number of anilines is 1. The zero-order valence-corrected chi connectivity index (χ0v) is 13.3. The third-order valence-corrected chi connectivity index (χ3v) is 4.61. The first kappa shape index (κ1) is 15.4. The number of para-hydroxylation sites is 1. The van der Waals surface area contributed by atoms with E-state index in [1.54, 1.807) is 0 Å². The Balaban J connectivity index is 1.96. The van der Waals surface area contributed by atoms with Crippen LogP contribution < -0.4 is 10.2 Å². The van der Waals surface area contributed by atoms with E-state index in [0.29, 0.717) is 6.04 Å². The minimum absolute atomic E-state index is 0.706. The van der Waals surface area contributed by atoms with Gasteiger partial charge in [-0.2, -0.15) is 0 Å². The van der Waals surface area contributed by atoms with Crippen LogP contribution in [0.4, 0.5) is 5.69 Å². The minimum Gasteiger partial charge on any atom is -0.374 e. The Morgan fingerprint density at radius 1 is 1.20 bits per heavy atom. The highest BCUT2D eigenvalue weighted by molar-refractivity contribution is 5.45. The van der Waals surface area contributed by atoms with Crippen molar-refractivity contribution in [3.8, 4) is 0 Å². The average molecular weight is 274 g/mol. The molecule has 0 amide bonds. The first-order chi connectivity index (χ1) is 9.70. The van der Waals surface area contributed by atoms with Crippen molar-refractivity contribution in [2.24, 2.45) is 11.8 Å². The molecule has 1 saturated carbocycles. The first-order valence-corrected chi connectivity index (χ1v) is 8.20. The molecule has 112 valence electrons. The molecular formula is C18H30N2. The van der Waals surface area contributed by atoms with Crippen LogP contribution in [0.5, 0.6) is 0 Å². The van der Waals surface area contributed by atoms with Gasteiger partial charge in [-0.15, -0.1) is 0 Å². The monoisotopic (exact) mass is 274 g/mol. The summed E-state index contributed by atoms with van der Waals surface area (Å²) >= 11 is 0. The van der Waals surface area contributed by atoms with Gasteiger partial charge in [-0.05, 0) is 56.2 Å². The molecule has 20 heavy (non-hydrogen) atoms. The summed E-state index contributed by atoms with van der Waals surface area (Å²) in [5, 5.41) is 3.77. The Morgan fingerprint density at radius 3 is 2.65 bits per heavy atom. The highest BCUT2D eigenvalue weighted by atomic mass is 15.1. The van der Waals surface area contributed by atoms with Crippen molar-refractivity contribution >= 4 is 5.69 Å². The molecule has 3 unspecified atom stereocenters. The maximum atomic E-state index is 3.77. The highest BCUT2D eigenvalue weighted by Crippen LogP contribution is 2.30. The predicted octanol–water partition coefficient (Wildman–Crippen LogP) is 3.93. The molecule has 0 spiro atoms. The van der Waals surface area contributed by atoms with E-state index in [-0.39, 0.29) is 0 Å². The molecule has 3 atom stereocenters. The van der Waals surface area contributed by atoms with Crippen molar-refractivity contribution in [1.82, 2.24) is 5.32 Å². The topological polar surface area (TPSA) is 15.3 Å². The molecule has 0 saturated heterocycles. The van der Waals surface area contributed by atoms with Gasteiger partial charge in [0.25, 0.3) is 0 Å². The van der Waals surface area contributed by atoms with E-state index < -0.39 is 0 Å². The number of nitrogens with one attached hydrogen (secondary N) is 1. The number of nitrogens with zero attached hydrogens (tertiary/aromatic N) is 1. The molecule has 2 heteroatoms. The van der Waals surface area contributed by atoms with E-state index in [9.17, 15) is 0 Å². The van der Waals surface area contributed by atoms with E-state index in [1.807, 2.05) is 0 Å². The van der Waals surface area contributed by atoms with Crippen molar-refractivity contribution in [3.63, 3.8) is 0 Å². The Hall–Kier alpha value is -1.02. The lowest BCUT2D eigenvalue weighted by molar-refractivity contribution is 0.217. The number of hydrogen-bond donors (Lipinski definition) is 1. The minimum atomic E-state index is 0.706. The van der Waals surface area contributed by atoms with Gasteiger partial charge >= 0.3 is 0 Å². The maximum absolute atomic E-state index is 3.77. The van der Waals surface area contributed by atoms with Gasteiger partial charge < -0.3 is 10.2 Å². The molecule has 1 aliphatic rings. The maximum Gasteiger partial charge on any atom is 0.0363 e. The van der Waals surface area contributed by atoms with Crippen LogP contribution in [0.1, 0.15) is 39.5 Å². The molecule has 0 aliphatic heterocycles. The van der Waals surface area contributed by atoms with Crippen LogP contribution in [0.15, 0.2) is 30.3 Å². The summed E-state index contributed by atoms with van der Waals surface area (Å²) in [6.45, 7) is 6.98. The molecule has 0 aromatic heterocycles. The summed E-state index contributed by atoms with van der Waals surface area (Å²) in [5.41, 5.74) is 1.33. The average Bonchev–Trinajstić information content (AvgIpc) is 2.47. The van der Waals surface area contributed by atoms with E-state index in [4.69, 9.17) is 0 Å². The fourth-order valence-electron chi connectivity index (χ4n) is 3.44. The second-order valence-electron chi connectivity index (χ2n) is 6.45. The molecule has 0 bridgehead atoms.